The molecule has 0 unspecified atom stereocenters. The lowest BCUT2D eigenvalue weighted by Crippen LogP contribution is -2.02. The van der Waals surface area contributed by atoms with Crippen LogP contribution in [0.2, 0.25) is 0 Å². The largest absolute Gasteiger partial charge is 0.301 e. The summed E-state index contributed by atoms with van der Waals surface area (Å²) in [6.45, 7) is 3.84. The molecule has 0 saturated carbocycles. The van der Waals surface area contributed by atoms with E-state index in [2.05, 4.69) is 10.5 Å². The molecule has 0 aliphatic rings. The second-order valence-electron chi connectivity index (χ2n) is 4.18. The second-order valence-corrected chi connectivity index (χ2v) is 4.18. The van der Waals surface area contributed by atoms with E-state index in [1.54, 1.807) is 6.08 Å². The minimum atomic E-state index is -0.681. The standard InChI is InChI=1S/C13H16N4O4/c1-3-5-10(6-4-2)14-15-12-8-7-11(16(18)19)9-13(12)17(20)21/h3,5,7-9,15H,4,6H2,1-2H3. The number of anilines is 1. The Bertz CT molecular complexity index is 596. The molecular formula is C13H16N4O4. The van der Waals surface area contributed by atoms with E-state index in [0.29, 0.717) is 0 Å². The van der Waals surface area contributed by atoms with Gasteiger partial charge in [0, 0.05) is 6.07 Å². The predicted molar refractivity (Wildman–Crippen MR) is 80.5 cm³/mol. The third-order valence-electron chi connectivity index (χ3n) is 2.57. The zero-order chi connectivity index (χ0) is 15.8. The number of rotatable bonds is 7. The molecule has 1 aromatic rings. The van der Waals surface area contributed by atoms with Crippen LogP contribution in [0.25, 0.3) is 0 Å². The normalized spacial score (nSPS) is 11.6. The lowest BCUT2D eigenvalue weighted by atomic mass is 10.2. The molecule has 8 nitrogen and oxygen atoms in total. The molecule has 0 heterocycles. The summed E-state index contributed by atoms with van der Waals surface area (Å²) in [4.78, 5) is 20.3. The van der Waals surface area contributed by atoms with Crippen LogP contribution >= 0.6 is 0 Å². The van der Waals surface area contributed by atoms with Gasteiger partial charge in [0.05, 0.1) is 21.6 Å². The van der Waals surface area contributed by atoms with E-state index in [0.717, 1.165) is 24.6 Å². The second kappa shape index (κ2) is 7.73. The maximum Gasteiger partial charge on any atom is 0.301 e. The van der Waals surface area contributed by atoms with Crippen LogP contribution in [-0.2, 0) is 0 Å². The van der Waals surface area contributed by atoms with Gasteiger partial charge in [0.2, 0.25) is 0 Å². The molecule has 0 atom stereocenters. The number of nitro groups is 2. The summed E-state index contributed by atoms with van der Waals surface area (Å²) in [5.41, 5.74) is 2.74. The fourth-order valence-corrected chi connectivity index (χ4v) is 1.64. The van der Waals surface area contributed by atoms with Crippen LogP contribution < -0.4 is 5.43 Å². The Hall–Kier alpha value is -2.77. The maximum absolute atomic E-state index is 11.0. The number of hydrogen-bond donors (Lipinski definition) is 1. The van der Waals surface area contributed by atoms with Crippen molar-refractivity contribution >= 4 is 22.8 Å². The molecule has 1 N–H and O–H groups in total. The summed E-state index contributed by atoms with van der Waals surface area (Å²) in [5.74, 6) is 0. The third-order valence-corrected chi connectivity index (χ3v) is 2.57. The molecule has 8 heteroatoms. The first-order valence-corrected chi connectivity index (χ1v) is 6.37. The van der Waals surface area contributed by atoms with Gasteiger partial charge in [-0.15, -0.1) is 0 Å². The van der Waals surface area contributed by atoms with E-state index in [9.17, 15) is 20.2 Å². The highest BCUT2D eigenvalue weighted by Crippen LogP contribution is 2.28. The molecule has 0 fully saturated rings. The third kappa shape index (κ3) is 4.68. The molecule has 0 saturated heterocycles. The highest BCUT2D eigenvalue weighted by molar-refractivity contribution is 5.95. The van der Waals surface area contributed by atoms with Crippen LogP contribution in [0.3, 0.4) is 0 Å². The number of nitro benzene ring substituents is 2. The molecule has 112 valence electrons. The van der Waals surface area contributed by atoms with Gasteiger partial charge in [-0.25, -0.2) is 0 Å². The van der Waals surface area contributed by atoms with E-state index >= 15 is 0 Å². The van der Waals surface area contributed by atoms with Crippen molar-refractivity contribution in [3.8, 4) is 0 Å². The molecule has 0 aromatic heterocycles. The SMILES string of the molecule is CC=CC(CCC)=NNc1ccc([N+](=O)[O-])cc1[N+](=O)[O-]. The van der Waals surface area contributed by atoms with Gasteiger partial charge in [-0.05, 0) is 25.5 Å². The van der Waals surface area contributed by atoms with Crippen LogP contribution in [0, 0.1) is 20.2 Å². The zero-order valence-electron chi connectivity index (χ0n) is 11.8. The van der Waals surface area contributed by atoms with E-state index < -0.39 is 9.85 Å². The summed E-state index contributed by atoms with van der Waals surface area (Å²) in [6.07, 6.45) is 5.22. The Morgan fingerprint density at radius 1 is 1.33 bits per heavy atom. The Labute approximate surface area is 121 Å². The Morgan fingerprint density at radius 2 is 2.05 bits per heavy atom. The molecule has 0 spiro atoms. The van der Waals surface area contributed by atoms with Crippen molar-refractivity contribution in [2.24, 2.45) is 5.10 Å². The quantitative estimate of drug-likeness (QED) is 0.468. The van der Waals surface area contributed by atoms with Crippen LogP contribution in [0.1, 0.15) is 26.7 Å². The van der Waals surface area contributed by atoms with Gasteiger partial charge in [0.15, 0.2) is 0 Å². The van der Waals surface area contributed by atoms with Gasteiger partial charge in [-0.3, -0.25) is 25.7 Å². The topological polar surface area (TPSA) is 111 Å². The molecule has 0 radical (unpaired) electrons. The summed E-state index contributed by atoms with van der Waals surface area (Å²) in [6, 6.07) is 3.38. The summed E-state index contributed by atoms with van der Waals surface area (Å²) in [7, 11) is 0. The van der Waals surface area contributed by atoms with Crippen molar-refractivity contribution in [2.75, 3.05) is 5.43 Å². The monoisotopic (exact) mass is 292 g/mol. The summed E-state index contributed by atoms with van der Waals surface area (Å²) >= 11 is 0. The van der Waals surface area contributed by atoms with E-state index in [4.69, 9.17) is 0 Å². The molecule has 0 bridgehead atoms. The van der Waals surface area contributed by atoms with Crippen molar-refractivity contribution in [2.45, 2.75) is 26.7 Å². The van der Waals surface area contributed by atoms with Crippen LogP contribution in [-0.4, -0.2) is 15.6 Å². The Kier molecular flexibility index (Phi) is 5.99. The first-order valence-electron chi connectivity index (χ1n) is 6.37. The van der Waals surface area contributed by atoms with Gasteiger partial charge in [-0.2, -0.15) is 5.10 Å². The highest BCUT2D eigenvalue weighted by Gasteiger charge is 2.19. The van der Waals surface area contributed by atoms with E-state index in [-0.39, 0.29) is 17.1 Å². The minimum absolute atomic E-state index is 0.115. The van der Waals surface area contributed by atoms with Crippen molar-refractivity contribution in [3.63, 3.8) is 0 Å². The number of hydrogen-bond acceptors (Lipinski definition) is 6. The zero-order valence-corrected chi connectivity index (χ0v) is 11.8. The predicted octanol–water partition coefficient (Wildman–Crippen LogP) is 3.65. The van der Waals surface area contributed by atoms with Crippen molar-refractivity contribution in [1.29, 1.82) is 0 Å². The van der Waals surface area contributed by atoms with Gasteiger partial charge in [-0.1, -0.05) is 19.4 Å². The van der Waals surface area contributed by atoms with E-state index in [1.165, 1.54) is 12.1 Å². The average molecular weight is 292 g/mol. The first kappa shape index (κ1) is 16.3. The van der Waals surface area contributed by atoms with Crippen molar-refractivity contribution in [1.82, 2.24) is 0 Å². The number of nitrogens with zero attached hydrogens (tertiary/aromatic N) is 3. The minimum Gasteiger partial charge on any atom is -0.271 e. The highest BCUT2D eigenvalue weighted by atomic mass is 16.6. The van der Waals surface area contributed by atoms with Crippen LogP contribution in [0.15, 0.2) is 35.5 Å². The van der Waals surface area contributed by atoms with Gasteiger partial charge in [0.25, 0.3) is 5.69 Å². The molecule has 0 amide bonds. The van der Waals surface area contributed by atoms with Gasteiger partial charge >= 0.3 is 5.69 Å². The van der Waals surface area contributed by atoms with Crippen molar-refractivity contribution < 1.29 is 9.85 Å². The Balaban J connectivity index is 3.09. The summed E-state index contributed by atoms with van der Waals surface area (Å²) < 4.78 is 0. The average Bonchev–Trinajstić information content (AvgIpc) is 2.44. The lowest BCUT2D eigenvalue weighted by molar-refractivity contribution is -0.393. The number of nitrogens with one attached hydrogen (secondary N) is 1. The van der Waals surface area contributed by atoms with Crippen LogP contribution in [0.4, 0.5) is 17.1 Å². The van der Waals surface area contributed by atoms with Gasteiger partial charge < -0.3 is 0 Å². The number of benzene rings is 1. The first-order chi connectivity index (χ1) is 9.99. The van der Waals surface area contributed by atoms with Crippen LogP contribution in [0.5, 0.6) is 0 Å². The number of allylic oxidation sites excluding steroid dienone is 2. The fourth-order valence-electron chi connectivity index (χ4n) is 1.64. The maximum atomic E-state index is 11.0. The molecule has 1 rings (SSSR count). The molecule has 21 heavy (non-hydrogen) atoms. The number of non-ortho nitro benzene ring substituents is 1. The molecule has 0 aliphatic carbocycles. The number of hydrazone groups is 1. The molecule has 1 aromatic carbocycles. The van der Waals surface area contributed by atoms with Crippen molar-refractivity contribution in [3.05, 3.63) is 50.6 Å². The lowest BCUT2D eigenvalue weighted by Gasteiger charge is -2.04. The smallest absolute Gasteiger partial charge is 0.271 e. The Morgan fingerprint density at radius 3 is 2.57 bits per heavy atom. The van der Waals surface area contributed by atoms with Gasteiger partial charge in [0.1, 0.15) is 5.69 Å². The molecular weight excluding hydrogens is 276 g/mol. The fraction of sp³-hybridized carbons (Fsp3) is 0.308. The summed E-state index contributed by atoms with van der Waals surface area (Å²) in [5, 5.41) is 25.7. The van der Waals surface area contributed by atoms with E-state index in [1.807, 2.05) is 19.9 Å². The molecule has 0 aliphatic heterocycles.